The fraction of sp³-hybridized carbons (Fsp3) is 0.538. The van der Waals surface area contributed by atoms with Crippen molar-refractivity contribution in [2.75, 3.05) is 26.8 Å². The molecule has 0 spiro atoms. The molecule has 0 aliphatic rings. The average Bonchev–Trinajstić information content (AvgIpc) is 2.30. The van der Waals surface area contributed by atoms with E-state index in [4.69, 9.17) is 4.74 Å². The normalized spacial score (nSPS) is 14.6. The molecule has 17 heavy (non-hydrogen) atoms. The first-order chi connectivity index (χ1) is 8.13. The van der Waals surface area contributed by atoms with Gasteiger partial charge in [-0.1, -0.05) is 19.1 Å². The Bertz CT molecular complexity index is 316. The lowest BCUT2D eigenvalue weighted by molar-refractivity contribution is 0.0645. The zero-order valence-corrected chi connectivity index (χ0v) is 10.3. The van der Waals surface area contributed by atoms with E-state index in [2.05, 4.69) is 12.2 Å². The summed E-state index contributed by atoms with van der Waals surface area (Å²) in [5.74, 6) is 0.0646. The van der Waals surface area contributed by atoms with E-state index >= 15 is 0 Å². The van der Waals surface area contributed by atoms with Gasteiger partial charge in [-0.05, 0) is 23.6 Å². The topological polar surface area (TPSA) is 41.5 Å². The van der Waals surface area contributed by atoms with E-state index in [1.54, 1.807) is 19.2 Å². The standard InChI is InChI=1S/C13H20FNO2/c1-10(7-15-8-13(16)9-17-2)11-3-5-12(14)6-4-11/h3-6,10,13,15-16H,7-9H2,1-2H3. The van der Waals surface area contributed by atoms with Gasteiger partial charge in [0, 0.05) is 20.2 Å². The molecule has 1 aromatic rings. The average molecular weight is 241 g/mol. The molecule has 0 saturated heterocycles. The number of ether oxygens (including phenoxy) is 1. The summed E-state index contributed by atoms with van der Waals surface area (Å²) in [5, 5.41) is 12.6. The van der Waals surface area contributed by atoms with Gasteiger partial charge in [0.1, 0.15) is 5.82 Å². The minimum atomic E-state index is -0.486. The van der Waals surface area contributed by atoms with Crippen molar-refractivity contribution in [3.05, 3.63) is 35.6 Å². The van der Waals surface area contributed by atoms with Crippen LogP contribution in [0.5, 0.6) is 0 Å². The maximum atomic E-state index is 12.7. The van der Waals surface area contributed by atoms with Crippen molar-refractivity contribution in [1.29, 1.82) is 0 Å². The van der Waals surface area contributed by atoms with Crippen LogP contribution in [0.3, 0.4) is 0 Å². The van der Waals surface area contributed by atoms with Crippen LogP contribution in [0.25, 0.3) is 0 Å². The smallest absolute Gasteiger partial charge is 0.123 e. The summed E-state index contributed by atoms with van der Waals surface area (Å²) in [6.07, 6.45) is -0.486. The maximum absolute atomic E-state index is 12.7. The molecule has 3 nitrogen and oxygen atoms in total. The predicted octanol–water partition coefficient (Wildman–Crippen LogP) is 1.53. The molecular weight excluding hydrogens is 221 g/mol. The SMILES string of the molecule is COCC(O)CNCC(C)c1ccc(F)cc1. The van der Waals surface area contributed by atoms with E-state index < -0.39 is 6.10 Å². The minimum absolute atomic E-state index is 0.218. The van der Waals surface area contributed by atoms with Gasteiger partial charge in [-0.2, -0.15) is 0 Å². The summed E-state index contributed by atoms with van der Waals surface area (Å²) >= 11 is 0. The first-order valence-corrected chi connectivity index (χ1v) is 5.76. The van der Waals surface area contributed by atoms with E-state index in [0.717, 1.165) is 12.1 Å². The Kier molecular flexibility index (Phi) is 6.11. The molecule has 1 aromatic carbocycles. The summed E-state index contributed by atoms with van der Waals surface area (Å²) < 4.78 is 17.6. The van der Waals surface area contributed by atoms with E-state index in [-0.39, 0.29) is 11.7 Å². The number of rotatable bonds is 7. The number of hydrogen-bond donors (Lipinski definition) is 2. The van der Waals surface area contributed by atoms with Crippen LogP contribution >= 0.6 is 0 Å². The summed E-state index contributed by atoms with van der Waals surface area (Å²) in [4.78, 5) is 0. The molecule has 2 unspecified atom stereocenters. The first-order valence-electron chi connectivity index (χ1n) is 5.76. The van der Waals surface area contributed by atoms with Gasteiger partial charge in [-0.3, -0.25) is 0 Å². The van der Waals surface area contributed by atoms with Gasteiger partial charge in [-0.25, -0.2) is 4.39 Å². The molecule has 0 saturated carbocycles. The third kappa shape index (κ3) is 5.26. The largest absolute Gasteiger partial charge is 0.389 e. The Morgan fingerprint density at radius 3 is 2.53 bits per heavy atom. The van der Waals surface area contributed by atoms with Gasteiger partial charge in [0.05, 0.1) is 12.7 Å². The fourth-order valence-electron chi connectivity index (χ4n) is 1.63. The molecule has 0 amide bonds. The Morgan fingerprint density at radius 2 is 1.94 bits per heavy atom. The van der Waals surface area contributed by atoms with Crippen LogP contribution in [0.4, 0.5) is 4.39 Å². The summed E-state index contributed by atoms with van der Waals surface area (Å²) in [6.45, 7) is 3.63. The van der Waals surface area contributed by atoms with Crippen molar-refractivity contribution in [2.45, 2.75) is 18.9 Å². The van der Waals surface area contributed by atoms with Crippen molar-refractivity contribution >= 4 is 0 Å². The van der Waals surface area contributed by atoms with Crippen molar-refractivity contribution in [1.82, 2.24) is 5.32 Å². The highest BCUT2D eigenvalue weighted by Gasteiger charge is 2.07. The maximum Gasteiger partial charge on any atom is 0.123 e. The van der Waals surface area contributed by atoms with E-state index in [1.165, 1.54) is 12.1 Å². The Hall–Kier alpha value is -0.970. The van der Waals surface area contributed by atoms with Gasteiger partial charge in [-0.15, -0.1) is 0 Å². The van der Waals surface area contributed by atoms with Gasteiger partial charge < -0.3 is 15.2 Å². The fourth-order valence-corrected chi connectivity index (χ4v) is 1.63. The van der Waals surface area contributed by atoms with Crippen molar-refractivity contribution in [3.8, 4) is 0 Å². The van der Waals surface area contributed by atoms with Gasteiger partial charge in [0.25, 0.3) is 0 Å². The van der Waals surface area contributed by atoms with Crippen LogP contribution in [-0.4, -0.2) is 38.0 Å². The summed E-state index contributed by atoms with van der Waals surface area (Å²) in [6, 6.07) is 6.50. The van der Waals surface area contributed by atoms with Crippen LogP contribution in [0.15, 0.2) is 24.3 Å². The number of nitrogens with one attached hydrogen (secondary N) is 1. The highest BCUT2D eigenvalue weighted by molar-refractivity contribution is 5.20. The molecule has 0 fully saturated rings. The molecule has 0 aliphatic carbocycles. The summed E-state index contributed by atoms with van der Waals surface area (Å²) in [7, 11) is 1.56. The Labute approximate surface area is 102 Å². The van der Waals surface area contributed by atoms with Crippen LogP contribution in [0.2, 0.25) is 0 Å². The molecule has 2 atom stereocenters. The number of halogens is 1. The lowest BCUT2D eigenvalue weighted by atomic mass is 10.0. The van der Waals surface area contributed by atoms with Gasteiger partial charge in [0.15, 0.2) is 0 Å². The van der Waals surface area contributed by atoms with E-state index in [1.807, 2.05) is 0 Å². The van der Waals surface area contributed by atoms with Gasteiger partial charge >= 0.3 is 0 Å². The Morgan fingerprint density at radius 1 is 1.29 bits per heavy atom. The van der Waals surface area contributed by atoms with Crippen LogP contribution in [0, 0.1) is 5.82 Å². The lowest BCUT2D eigenvalue weighted by Gasteiger charge is -2.15. The monoisotopic (exact) mass is 241 g/mol. The molecule has 0 aromatic heterocycles. The number of hydrogen-bond acceptors (Lipinski definition) is 3. The molecule has 2 N–H and O–H groups in total. The second-order valence-electron chi connectivity index (χ2n) is 4.22. The van der Waals surface area contributed by atoms with Crippen LogP contribution in [0.1, 0.15) is 18.4 Å². The number of methoxy groups -OCH3 is 1. The third-order valence-corrected chi connectivity index (χ3v) is 2.63. The zero-order chi connectivity index (χ0) is 12.7. The quantitative estimate of drug-likeness (QED) is 0.760. The molecule has 0 bridgehead atoms. The molecule has 0 radical (unpaired) electrons. The third-order valence-electron chi connectivity index (χ3n) is 2.63. The predicted molar refractivity (Wildman–Crippen MR) is 65.6 cm³/mol. The molecule has 1 rings (SSSR count). The van der Waals surface area contributed by atoms with E-state index in [9.17, 15) is 9.50 Å². The first kappa shape index (κ1) is 14.1. The van der Waals surface area contributed by atoms with Gasteiger partial charge in [0.2, 0.25) is 0 Å². The van der Waals surface area contributed by atoms with Crippen molar-refractivity contribution in [3.63, 3.8) is 0 Å². The Balaban J connectivity index is 2.29. The number of aliphatic hydroxyl groups is 1. The number of aliphatic hydroxyl groups excluding tert-OH is 1. The molecule has 4 heteroatoms. The lowest BCUT2D eigenvalue weighted by Crippen LogP contribution is -2.32. The zero-order valence-electron chi connectivity index (χ0n) is 10.3. The second-order valence-corrected chi connectivity index (χ2v) is 4.22. The summed E-state index contributed by atoms with van der Waals surface area (Å²) in [5.41, 5.74) is 1.08. The van der Waals surface area contributed by atoms with Crippen LogP contribution < -0.4 is 5.32 Å². The highest BCUT2D eigenvalue weighted by atomic mass is 19.1. The molecule has 96 valence electrons. The molecule has 0 heterocycles. The van der Waals surface area contributed by atoms with Crippen LogP contribution in [-0.2, 0) is 4.74 Å². The van der Waals surface area contributed by atoms with Crippen molar-refractivity contribution in [2.24, 2.45) is 0 Å². The highest BCUT2D eigenvalue weighted by Crippen LogP contribution is 2.14. The minimum Gasteiger partial charge on any atom is -0.389 e. The second kappa shape index (κ2) is 7.37. The van der Waals surface area contributed by atoms with Crippen molar-refractivity contribution < 1.29 is 14.2 Å². The molecule has 0 aliphatic heterocycles. The molecular formula is C13H20FNO2. The van der Waals surface area contributed by atoms with E-state index in [0.29, 0.717) is 13.2 Å². The number of benzene rings is 1.